The molecule has 0 saturated heterocycles. The summed E-state index contributed by atoms with van der Waals surface area (Å²) in [6, 6.07) is 3.19. The second kappa shape index (κ2) is 13.7. The first-order valence-corrected chi connectivity index (χ1v) is 13.1. The van der Waals surface area contributed by atoms with E-state index in [1.807, 2.05) is 27.7 Å². The highest BCUT2D eigenvalue weighted by atomic mass is 16.6. The van der Waals surface area contributed by atoms with Gasteiger partial charge in [0.15, 0.2) is 11.5 Å². The van der Waals surface area contributed by atoms with Gasteiger partial charge in [0.25, 0.3) is 0 Å². The molecule has 214 valence electrons. The van der Waals surface area contributed by atoms with E-state index >= 15 is 0 Å². The molecule has 9 nitrogen and oxygen atoms in total. The molecule has 0 amide bonds. The molecule has 9 heteroatoms. The van der Waals surface area contributed by atoms with Crippen molar-refractivity contribution in [2.45, 2.75) is 81.2 Å². The zero-order valence-corrected chi connectivity index (χ0v) is 24.4. The second-order valence-corrected chi connectivity index (χ2v) is 11.8. The van der Waals surface area contributed by atoms with Crippen molar-refractivity contribution in [3.8, 4) is 11.5 Å². The van der Waals surface area contributed by atoms with Gasteiger partial charge in [-0.15, -0.1) is 0 Å². The SMILES string of the molecule is CC(C)C(C)C(=O)Oc1ccc(C(C(C)COC(=O)C(C)(C)C)[C@H](N)C(=O)O)cc1OC(=O)C(C)C(C)C. The van der Waals surface area contributed by atoms with Crippen LogP contribution in [0.1, 0.15) is 80.7 Å². The highest BCUT2D eigenvalue weighted by Crippen LogP contribution is 2.37. The number of hydrogen-bond acceptors (Lipinski definition) is 8. The first-order chi connectivity index (χ1) is 17.4. The van der Waals surface area contributed by atoms with E-state index in [2.05, 4.69) is 0 Å². The standard InChI is InChI=1S/C29H45NO8/c1-15(2)18(6)26(33)37-21-12-11-20(13-22(21)38-27(34)19(7)16(3)4)23(24(30)25(31)32)17(5)14-36-28(35)29(8,9)10/h11-13,15-19,23-24H,14,30H2,1-10H3,(H,31,32)/t17?,18?,19?,23?,24-/m0/s1. The Balaban J connectivity index is 3.50. The smallest absolute Gasteiger partial charge is 0.321 e. The normalized spacial score (nSPS) is 15.8. The van der Waals surface area contributed by atoms with Crippen LogP contribution in [0, 0.1) is 35.0 Å². The van der Waals surface area contributed by atoms with Gasteiger partial charge in [-0.1, -0.05) is 54.5 Å². The molecule has 1 rings (SSSR count). The van der Waals surface area contributed by atoms with Crippen LogP contribution >= 0.6 is 0 Å². The highest BCUT2D eigenvalue weighted by Gasteiger charge is 2.34. The fraction of sp³-hybridized carbons (Fsp3) is 0.655. The molecule has 0 aliphatic heterocycles. The van der Waals surface area contributed by atoms with Gasteiger partial charge in [-0.2, -0.15) is 0 Å². The molecule has 38 heavy (non-hydrogen) atoms. The summed E-state index contributed by atoms with van der Waals surface area (Å²) in [5.41, 5.74) is 5.80. The van der Waals surface area contributed by atoms with Gasteiger partial charge in [-0.25, -0.2) is 0 Å². The van der Waals surface area contributed by atoms with Crippen molar-refractivity contribution < 1.29 is 38.5 Å². The highest BCUT2D eigenvalue weighted by molar-refractivity contribution is 5.79. The molecule has 0 aliphatic carbocycles. The van der Waals surface area contributed by atoms with E-state index in [-0.39, 0.29) is 29.9 Å². The van der Waals surface area contributed by atoms with Crippen LogP contribution in [0.15, 0.2) is 18.2 Å². The van der Waals surface area contributed by atoms with Crippen molar-refractivity contribution in [3.05, 3.63) is 23.8 Å². The minimum Gasteiger partial charge on any atom is -0.480 e. The Morgan fingerprint density at radius 3 is 1.74 bits per heavy atom. The molecule has 0 aliphatic rings. The zero-order chi connectivity index (χ0) is 29.5. The lowest BCUT2D eigenvalue weighted by Gasteiger charge is -2.29. The van der Waals surface area contributed by atoms with Crippen LogP contribution in [0.25, 0.3) is 0 Å². The number of carboxylic acids is 1. The summed E-state index contributed by atoms with van der Waals surface area (Å²) in [4.78, 5) is 49.7. The van der Waals surface area contributed by atoms with Crippen LogP contribution in [-0.2, 0) is 23.9 Å². The number of hydrogen-bond donors (Lipinski definition) is 2. The topological polar surface area (TPSA) is 142 Å². The fourth-order valence-electron chi connectivity index (χ4n) is 3.41. The number of carbonyl (C=O) groups is 4. The van der Waals surface area contributed by atoms with Crippen LogP contribution in [-0.4, -0.2) is 41.6 Å². The lowest BCUT2D eigenvalue weighted by molar-refractivity contribution is -0.154. The third-order valence-electron chi connectivity index (χ3n) is 6.89. The van der Waals surface area contributed by atoms with Gasteiger partial charge >= 0.3 is 23.9 Å². The third kappa shape index (κ3) is 9.11. The van der Waals surface area contributed by atoms with Crippen LogP contribution in [0.4, 0.5) is 0 Å². The molecule has 0 heterocycles. The molecule has 0 bridgehead atoms. The van der Waals surface area contributed by atoms with Crippen molar-refractivity contribution >= 4 is 23.9 Å². The molecule has 0 spiro atoms. The number of rotatable bonds is 12. The molecule has 5 atom stereocenters. The van der Waals surface area contributed by atoms with E-state index in [4.69, 9.17) is 19.9 Å². The predicted molar refractivity (Wildman–Crippen MR) is 144 cm³/mol. The lowest BCUT2D eigenvalue weighted by Crippen LogP contribution is -2.41. The van der Waals surface area contributed by atoms with E-state index in [1.54, 1.807) is 47.6 Å². The maximum atomic E-state index is 12.8. The molecule has 1 aromatic carbocycles. The van der Waals surface area contributed by atoms with Crippen molar-refractivity contribution in [1.29, 1.82) is 0 Å². The number of benzene rings is 1. The third-order valence-corrected chi connectivity index (χ3v) is 6.89. The van der Waals surface area contributed by atoms with Crippen LogP contribution in [0.2, 0.25) is 0 Å². The summed E-state index contributed by atoms with van der Waals surface area (Å²) in [7, 11) is 0. The van der Waals surface area contributed by atoms with Gasteiger partial charge in [-0.05, 0) is 56.2 Å². The van der Waals surface area contributed by atoms with E-state index in [9.17, 15) is 24.3 Å². The Labute approximate surface area is 226 Å². The first kappa shape index (κ1) is 33.1. The summed E-state index contributed by atoms with van der Waals surface area (Å²) in [5, 5.41) is 9.72. The summed E-state index contributed by atoms with van der Waals surface area (Å²) >= 11 is 0. The van der Waals surface area contributed by atoms with Crippen molar-refractivity contribution in [1.82, 2.24) is 0 Å². The van der Waals surface area contributed by atoms with E-state index in [0.29, 0.717) is 5.56 Å². The average Bonchev–Trinajstić information content (AvgIpc) is 2.81. The minimum atomic E-state index is -1.34. The molecular formula is C29H45NO8. The van der Waals surface area contributed by atoms with E-state index in [1.165, 1.54) is 12.1 Å². The van der Waals surface area contributed by atoms with E-state index < -0.39 is 59.0 Å². The monoisotopic (exact) mass is 535 g/mol. The molecular weight excluding hydrogens is 490 g/mol. The van der Waals surface area contributed by atoms with Crippen molar-refractivity contribution in [3.63, 3.8) is 0 Å². The quantitative estimate of drug-likeness (QED) is 0.285. The van der Waals surface area contributed by atoms with Crippen LogP contribution in [0.3, 0.4) is 0 Å². The molecule has 3 N–H and O–H groups in total. The number of carbonyl (C=O) groups excluding carboxylic acids is 3. The van der Waals surface area contributed by atoms with Crippen molar-refractivity contribution in [2.75, 3.05) is 6.61 Å². The molecule has 4 unspecified atom stereocenters. The van der Waals surface area contributed by atoms with E-state index in [0.717, 1.165) is 0 Å². The van der Waals surface area contributed by atoms with Crippen LogP contribution in [0.5, 0.6) is 11.5 Å². The molecule has 0 aromatic heterocycles. The number of esters is 3. The summed E-state index contributed by atoms with van der Waals surface area (Å²) in [6.45, 7) is 17.9. The Hall–Kier alpha value is -2.94. The predicted octanol–water partition coefficient (Wildman–Crippen LogP) is 4.80. The van der Waals surface area contributed by atoms with Gasteiger partial charge in [-0.3, -0.25) is 19.2 Å². The summed E-state index contributed by atoms with van der Waals surface area (Å²) in [5.74, 6) is -4.74. The maximum Gasteiger partial charge on any atom is 0.321 e. The fourth-order valence-corrected chi connectivity index (χ4v) is 3.41. The number of carboxylic acid groups (broad SMARTS) is 1. The van der Waals surface area contributed by atoms with Gasteiger partial charge in [0.2, 0.25) is 0 Å². The Kier molecular flexibility index (Phi) is 12.0. The first-order valence-electron chi connectivity index (χ1n) is 13.1. The van der Waals surface area contributed by atoms with Crippen LogP contribution < -0.4 is 15.2 Å². The van der Waals surface area contributed by atoms with Gasteiger partial charge < -0.3 is 25.1 Å². The average molecular weight is 536 g/mol. The lowest BCUT2D eigenvalue weighted by atomic mass is 9.82. The van der Waals surface area contributed by atoms with Gasteiger partial charge in [0.05, 0.1) is 23.9 Å². The Bertz CT molecular complexity index is 995. The zero-order valence-electron chi connectivity index (χ0n) is 24.4. The maximum absolute atomic E-state index is 12.8. The van der Waals surface area contributed by atoms with Gasteiger partial charge in [0.1, 0.15) is 6.04 Å². The largest absolute Gasteiger partial charge is 0.480 e. The van der Waals surface area contributed by atoms with Crippen molar-refractivity contribution in [2.24, 2.45) is 40.7 Å². The molecule has 0 radical (unpaired) electrons. The van der Waals surface area contributed by atoms with Gasteiger partial charge in [0, 0.05) is 5.92 Å². The second-order valence-electron chi connectivity index (χ2n) is 11.8. The summed E-state index contributed by atoms with van der Waals surface area (Å²) < 4.78 is 16.7. The minimum absolute atomic E-state index is 0.00310. The Morgan fingerprint density at radius 2 is 1.32 bits per heavy atom. The molecule has 0 fully saturated rings. The Morgan fingerprint density at radius 1 is 0.842 bits per heavy atom. The summed E-state index contributed by atoms with van der Waals surface area (Å²) in [6.07, 6.45) is 0. The molecule has 0 saturated carbocycles. The number of nitrogens with two attached hydrogens (primary N) is 1. The number of aliphatic carboxylic acids is 1. The number of ether oxygens (including phenoxy) is 3. The molecule has 1 aromatic rings.